The maximum atomic E-state index is 14.0. The maximum absolute atomic E-state index is 14.0. The molecule has 1 aromatic rings. The number of ether oxygens (including phenoxy) is 8. The summed E-state index contributed by atoms with van der Waals surface area (Å²) in [6.45, 7) is -2.11. The number of aliphatic hydroxyl groups excluding tert-OH is 9. The Balaban J connectivity index is 1.10. The van der Waals surface area contributed by atoms with Crippen LogP contribution in [0.25, 0.3) is 0 Å². The summed E-state index contributed by atoms with van der Waals surface area (Å²) in [6.07, 6.45) is -11.8. The van der Waals surface area contributed by atoms with Gasteiger partial charge in [-0.2, -0.15) is 0 Å². The number of allylic oxidation sites excluding steroid dienone is 1. The average molecular weight is 807 g/mol. The average Bonchev–Trinajstić information content (AvgIpc) is 3.82. The number of hydrogen-bond acceptors (Lipinski definition) is 19. The highest BCUT2D eigenvalue weighted by Gasteiger charge is 2.53. The molecule has 7 rings (SSSR count). The van der Waals surface area contributed by atoms with Gasteiger partial charge in [0.15, 0.2) is 12.6 Å². The van der Waals surface area contributed by atoms with Gasteiger partial charge in [0.2, 0.25) is 12.6 Å². The first kappa shape index (κ1) is 41.4. The van der Waals surface area contributed by atoms with Gasteiger partial charge in [-0.1, -0.05) is 24.3 Å². The number of benzene rings is 1. The molecule has 2 aliphatic carbocycles. The molecule has 2 fully saturated rings. The van der Waals surface area contributed by atoms with E-state index in [4.69, 9.17) is 37.9 Å². The van der Waals surface area contributed by atoms with E-state index in [2.05, 4.69) is 0 Å². The molecule has 0 aromatic heterocycles. The second-order valence-corrected chi connectivity index (χ2v) is 14.5. The Morgan fingerprint density at radius 2 is 1.32 bits per heavy atom. The van der Waals surface area contributed by atoms with Crippen molar-refractivity contribution in [2.45, 2.75) is 86.5 Å². The molecule has 0 radical (unpaired) electrons. The first-order valence-electron chi connectivity index (χ1n) is 18.5. The molecule has 4 heterocycles. The molecule has 0 saturated carbocycles. The predicted octanol–water partition coefficient (Wildman–Crippen LogP) is -2.77. The second kappa shape index (κ2) is 17.6. The Bertz CT molecular complexity index is 1710. The molecular weight excluding hydrogens is 760 g/mol. The molecule has 6 aliphatic rings. The standard InChI is InChI=1S/C38H46O19/c39-11-17-6-7-19-21(15-52-36(25(17)19)57-38-32(47)30(45)28(43)24(13-41)55-38)34(49)53-22-10-18(14-51-33(48)16-4-2-1-3-5-16)26-20(22)8-9-50-35(26)56-37-31(46)29(44)27(42)23(12-40)54-37/h1-6,8-10,15,19-20,22-32,35-47H,7,11-14H2. The Morgan fingerprint density at radius 3 is 1.91 bits per heavy atom. The van der Waals surface area contributed by atoms with E-state index in [-0.39, 0.29) is 24.2 Å². The van der Waals surface area contributed by atoms with Crippen LogP contribution in [0, 0.1) is 23.7 Å². The van der Waals surface area contributed by atoms with E-state index in [1.54, 1.807) is 48.6 Å². The Labute approximate surface area is 325 Å². The van der Waals surface area contributed by atoms with Crippen molar-refractivity contribution < 1.29 is 93.4 Å². The van der Waals surface area contributed by atoms with Crippen molar-refractivity contribution >= 4 is 11.9 Å². The molecule has 9 N–H and O–H groups in total. The van der Waals surface area contributed by atoms with Gasteiger partial charge in [0.1, 0.15) is 61.5 Å². The fourth-order valence-corrected chi connectivity index (χ4v) is 8.07. The van der Waals surface area contributed by atoms with E-state index in [1.807, 2.05) is 0 Å². The highest BCUT2D eigenvalue weighted by atomic mass is 16.8. The smallest absolute Gasteiger partial charge is 0.338 e. The van der Waals surface area contributed by atoms with Gasteiger partial charge < -0.3 is 83.9 Å². The van der Waals surface area contributed by atoms with Gasteiger partial charge in [-0.05, 0) is 41.9 Å². The second-order valence-electron chi connectivity index (χ2n) is 14.5. The van der Waals surface area contributed by atoms with Crippen LogP contribution in [-0.2, 0) is 42.7 Å². The van der Waals surface area contributed by atoms with Crippen LogP contribution in [0.15, 0.2) is 77.8 Å². The van der Waals surface area contributed by atoms with Gasteiger partial charge in [0.25, 0.3) is 0 Å². The van der Waals surface area contributed by atoms with E-state index in [0.717, 1.165) is 6.26 Å². The topological polar surface area (TPSA) is 290 Å². The molecule has 0 spiro atoms. The van der Waals surface area contributed by atoms with Crippen LogP contribution in [0.4, 0.5) is 0 Å². The minimum Gasteiger partial charge on any atom is -0.472 e. The molecule has 17 unspecified atom stereocenters. The van der Waals surface area contributed by atoms with Crippen molar-refractivity contribution in [3.8, 4) is 0 Å². The molecular formula is C38H46O19. The van der Waals surface area contributed by atoms with Crippen molar-refractivity contribution in [1.82, 2.24) is 0 Å². The Kier molecular flexibility index (Phi) is 12.8. The number of carbonyl (C=O) groups excluding carboxylic acids is 2. The number of esters is 2. The molecule has 1 aromatic carbocycles. The summed E-state index contributed by atoms with van der Waals surface area (Å²) in [6, 6.07) is 8.22. The predicted molar refractivity (Wildman–Crippen MR) is 185 cm³/mol. The zero-order valence-electron chi connectivity index (χ0n) is 30.2. The lowest BCUT2D eigenvalue weighted by Gasteiger charge is -2.43. The summed E-state index contributed by atoms with van der Waals surface area (Å²) in [5.41, 5.74) is 1.22. The first-order valence-corrected chi connectivity index (χ1v) is 18.5. The first-order chi connectivity index (χ1) is 27.4. The van der Waals surface area contributed by atoms with Crippen LogP contribution in [-0.4, -0.2) is 164 Å². The summed E-state index contributed by atoms with van der Waals surface area (Å²) in [4.78, 5) is 27.0. The van der Waals surface area contributed by atoms with Crippen LogP contribution >= 0.6 is 0 Å². The quantitative estimate of drug-likeness (QED) is 0.0763. The number of hydrogen-bond donors (Lipinski definition) is 9. The zero-order chi connectivity index (χ0) is 40.5. The van der Waals surface area contributed by atoms with Gasteiger partial charge in [-0.15, -0.1) is 0 Å². The van der Waals surface area contributed by atoms with E-state index >= 15 is 0 Å². The lowest BCUT2D eigenvalue weighted by molar-refractivity contribution is -0.340. The van der Waals surface area contributed by atoms with Gasteiger partial charge in [0.05, 0.1) is 55.3 Å². The number of carbonyl (C=O) groups is 2. The summed E-state index contributed by atoms with van der Waals surface area (Å²) >= 11 is 0. The van der Waals surface area contributed by atoms with Gasteiger partial charge in [-0.25, -0.2) is 9.59 Å². The minimum absolute atomic E-state index is 0.0763. The van der Waals surface area contributed by atoms with Crippen molar-refractivity contribution in [3.05, 3.63) is 83.4 Å². The van der Waals surface area contributed by atoms with E-state index < -0.39 is 136 Å². The van der Waals surface area contributed by atoms with Crippen LogP contribution < -0.4 is 0 Å². The van der Waals surface area contributed by atoms with Crippen molar-refractivity contribution in [2.75, 3.05) is 26.4 Å². The zero-order valence-corrected chi connectivity index (χ0v) is 30.2. The lowest BCUT2D eigenvalue weighted by atomic mass is 9.83. The summed E-state index contributed by atoms with van der Waals surface area (Å²) in [7, 11) is 0. The summed E-state index contributed by atoms with van der Waals surface area (Å²) in [5, 5.41) is 91.8. The third-order valence-electron chi connectivity index (χ3n) is 11.2. The largest absolute Gasteiger partial charge is 0.472 e. The fourth-order valence-electron chi connectivity index (χ4n) is 8.07. The summed E-state index contributed by atoms with van der Waals surface area (Å²) in [5.74, 6) is -4.40. The normalized spacial score (nSPS) is 41.1. The third kappa shape index (κ3) is 8.13. The van der Waals surface area contributed by atoms with Gasteiger partial charge >= 0.3 is 11.9 Å². The van der Waals surface area contributed by atoms with Crippen LogP contribution in [0.5, 0.6) is 0 Å². The highest BCUT2D eigenvalue weighted by molar-refractivity contribution is 5.90. The Hall–Kier alpha value is -3.80. The molecule has 0 bridgehead atoms. The minimum atomic E-state index is -1.75. The molecule has 0 amide bonds. The molecule has 17 atom stereocenters. The van der Waals surface area contributed by atoms with Crippen molar-refractivity contribution in [1.29, 1.82) is 0 Å². The lowest BCUT2D eigenvalue weighted by Crippen LogP contribution is -2.60. The number of fused-ring (bicyclic) bond motifs is 2. The fraction of sp³-hybridized carbons (Fsp3) is 0.579. The molecule has 19 heteroatoms. The maximum Gasteiger partial charge on any atom is 0.338 e. The molecule has 4 aliphatic heterocycles. The van der Waals surface area contributed by atoms with Gasteiger partial charge in [0, 0.05) is 11.8 Å². The van der Waals surface area contributed by atoms with Crippen molar-refractivity contribution in [2.24, 2.45) is 23.7 Å². The van der Waals surface area contributed by atoms with Crippen LogP contribution in [0.2, 0.25) is 0 Å². The molecule has 19 nitrogen and oxygen atoms in total. The van der Waals surface area contributed by atoms with Crippen LogP contribution in [0.3, 0.4) is 0 Å². The number of rotatable bonds is 12. The SMILES string of the molecule is O=C(OC1C=C(COC(=O)c2ccccc2)C2C(OC3OC(CO)C(O)C(O)C3O)OC=CC12)C1=COC(OC2OC(CO)C(O)C(O)C2O)C2C(CO)=CCC12. The summed E-state index contributed by atoms with van der Waals surface area (Å²) < 4.78 is 46.2. The van der Waals surface area contributed by atoms with E-state index in [9.17, 15) is 55.5 Å². The molecule has 312 valence electrons. The van der Waals surface area contributed by atoms with Crippen molar-refractivity contribution in [3.63, 3.8) is 0 Å². The highest BCUT2D eigenvalue weighted by Crippen LogP contribution is 2.46. The molecule has 57 heavy (non-hydrogen) atoms. The van der Waals surface area contributed by atoms with Gasteiger partial charge in [-0.3, -0.25) is 0 Å². The monoisotopic (exact) mass is 806 g/mol. The Morgan fingerprint density at radius 1 is 0.702 bits per heavy atom. The number of aliphatic hydroxyl groups is 9. The van der Waals surface area contributed by atoms with E-state index in [0.29, 0.717) is 11.1 Å². The third-order valence-corrected chi connectivity index (χ3v) is 11.2. The molecule has 2 saturated heterocycles. The van der Waals surface area contributed by atoms with Crippen LogP contribution in [0.1, 0.15) is 16.8 Å². The van der Waals surface area contributed by atoms with E-state index in [1.165, 1.54) is 6.26 Å².